The molecule has 1 aliphatic rings. The molecule has 0 spiro atoms. The number of nitrogens with one attached hydrogen (secondary N) is 2. The Kier molecular flexibility index (Phi) is 9.98. The highest BCUT2D eigenvalue weighted by molar-refractivity contribution is 6.01. The number of amides is 5. The average molecular weight is 523 g/mol. The van der Waals surface area contributed by atoms with Crippen molar-refractivity contribution >= 4 is 29.7 Å². The van der Waals surface area contributed by atoms with Crippen molar-refractivity contribution in [3.63, 3.8) is 0 Å². The number of hydrogen-bond acceptors (Lipinski definition) is 6. The molecule has 0 radical (unpaired) electrons. The molecule has 0 unspecified atom stereocenters. The monoisotopic (exact) mass is 522 g/mol. The van der Waals surface area contributed by atoms with Gasteiger partial charge in [0.05, 0.1) is 0 Å². The lowest BCUT2D eigenvalue weighted by atomic mass is 10.0. The number of primary amides is 1. The molecule has 2 aromatic carbocycles. The van der Waals surface area contributed by atoms with Gasteiger partial charge in [0, 0.05) is 12.8 Å². The molecule has 3 atom stereocenters. The van der Waals surface area contributed by atoms with E-state index < -0.39 is 47.8 Å². The highest BCUT2D eigenvalue weighted by atomic mass is 16.6. The van der Waals surface area contributed by atoms with Crippen molar-refractivity contribution in [1.82, 2.24) is 15.5 Å². The molecule has 1 heterocycles. The summed E-state index contributed by atoms with van der Waals surface area (Å²) in [6.07, 6.45) is -0.340. The molecule has 202 valence electrons. The maximum atomic E-state index is 13.2. The van der Waals surface area contributed by atoms with Crippen LogP contribution in [0.5, 0.6) is 0 Å². The van der Waals surface area contributed by atoms with E-state index in [1.165, 1.54) is 0 Å². The third-order valence-corrected chi connectivity index (χ3v) is 6.20. The minimum absolute atomic E-state index is 0.000389. The van der Waals surface area contributed by atoms with Gasteiger partial charge < -0.3 is 21.1 Å². The van der Waals surface area contributed by atoms with Gasteiger partial charge >= 0.3 is 6.09 Å². The average Bonchev–Trinajstić information content (AvgIpc) is 3.28. The van der Waals surface area contributed by atoms with Gasteiger partial charge in [0.15, 0.2) is 0 Å². The van der Waals surface area contributed by atoms with E-state index in [-0.39, 0.29) is 38.2 Å². The number of rotatable bonds is 11. The number of hydrogen-bond donors (Lipinski definition) is 3. The Morgan fingerprint density at radius 3 is 2.13 bits per heavy atom. The first-order chi connectivity index (χ1) is 18.2. The zero-order chi connectivity index (χ0) is 27.7. The predicted octanol–water partition coefficient (Wildman–Crippen LogP) is 2.06. The van der Waals surface area contributed by atoms with Crippen molar-refractivity contribution in [3.8, 4) is 0 Å². The number of ether oxygens (including phenoxy) is 1. The maximum Gasteiger partial charge on any atom is 0.417 e. The van der Waals surface area contributed by atoms with Crippen molar-refractivity contribution in [1.29, 1.82) is 0 Å². The molecule has 10 heteroatoms. The van der Waals surface area contributed by atoms with E-state index in [0.717, 1.165) is 16.0 Å². The molecule has 1 saturated heterocycles. The van der Waals surface area contributed by atoms with Crippen LogP contribution in [0.3, 0.4) is 0 Å². The second-order valence-corrected chi connectivity index (χ2v) is 9.70. The highest BCUT2D eigenvalue weighted by Gasteiger charge is 2.42. The summed E-state index contributed by atoms with van der Waals surface area (Å²) in [5.74, 6) is -2.43. The zero-order valence-electron chi connectivity index (χ0n) is 21.6. The minimum atomic E-state index is -1.11. The standard InChI is InChI=1S/C28H34N4O6/c1-18(2)15-22(26(35)30-21(25(29)34)16-19-9-5-3-6-10-19)31-27(36)23-13-14-24(33)32(23)28(37)38-17-20-11-7-4-8-12-20/h3-12,18,21-23H,13-17H2,1-2H3,(H2,29,34)(H,30,35)(H,31,36)/t21-,22+,23+/m1/s1. The first-order valence-electron chi connectivity index (χ1n) is 12.6. The highest BCUT2D eigenvalue weighted by Crippen LogP contribution is 2.21. The van der Waals surface area contributed by atoms with Crippen molar-refractivity contribution in [3.05, 3.63) is 71.8 Å². The molecular formula is C28H34N4O6. The Morgan fingerprint density at radius 2 is 1.55 bits per heavy atom. The number of imide groups is 1. The lowest BCUT2D eigenvalue weighted by Crippen LogP contribution is -2.57. The fourth-order valence-corrected chi connectivity index (χ4v) is 4.27. The molecule has 1 fully saturated rings. The van der Waals surface area contributed by atoms with Crippen LogP contribution < -0.4 is 16.4 Å². The molecule has 0 bridgehead atoms. The van der Waals surface area contributed by atoms with Crippen molar-refractivity contribution in [2.75, 3.05) is 0 Å². The molecule has 0 aromatic heterocycles. The smallest absolute Gasteiger partial charge is 0.417 e. The van der Waals surface area contributed by atoms with Crippen molar-refractivity contribution in [2.24, 2.45) is 11.7 Å². The summed E-state index contributed by atoms with van der Waals surface area (Å²) in [5, 5.41) is 5.32. The van der Waals surface area contributed by atoms with Crippen LogP contribution in [-0.4, -0.2) is 52.7 Å². The van der Waals surface area contributed by atoms with Gasteiger partial charge in [0.25, 0.3) is 0 Å². The molecule has 0 saturated carbocycles. The quantitative estimate of drug-likeness (QED) is 0.411. The fraction of sp³-hybridized carbons (Fsp3) is 0.393. The molecule has 1 aliphatic heterocycles. The SMILES string of the molecule is CC(C)C[C@H](NC(=O)[C@@H]1CCC(=O)N1C(=O)OCc1ccccc1)C(=O)N[C@H](Cc1ccccc1)C(N)=O. The Labute approximate surface area is 221 Å². The molecule has 0 aliphatic carbocycles. The van der Waals surface area contributed by atoms with Crippen molar-refractivity contribution < 1.29 is 28.7 Å². The second-order valence-electron chi connectivity index (χ2n) is 9.70. The van der Waals surface area contributed by atoms with Gasteiger partial charge in [-0.3, -0.25) is 19.2 Å². The lowest BCUT2D eigenvalue weighted by Gasteiger charge is -2.26. The Balaban J connectivity index is 1.67. The number of likely N-dealkylation sites (tertiary alicyclic amines) is 1. The van der Waals surface area contributed by atoms with Crippen LogP contribution in [0, 0.1) is 5.92 Å². The summed E-state index contributed by atoms with van der Waals surface area (Å²) < 4.78 is 5.27. The molecule has 5 amide bonds. The summed E-state index contributed by atoms with van der Waals surface area (Å²) >= 11 is 0. The van der Waals surface area contributed by atoms with E-state index in [2.05, 4.69) is 10.6 Å². The van der Waals surface area contributed by atoms with E-state index in [4.69, 9.17) is 10.5 Å². The topological polar surface area (TPSA) is 148 Å². The number of nitrogens with zero attached hydrogens (tertiary/aromatic N) is 1. The van der Waals surface area contributed by atoms with Crippen LogP contribution >= 0.6 is 0 Å². The van der Waals surface area contributed by atoms with Gasteiger partial charge in [-0.2, -0.15) is 0 Å². The van der Waals surface area contributed by atoms with E-state index in [9.17, 15) is 24.0 Å². The summed E-state index contributed by atoms with van der Waals surface area (Å²) in [6, 6.07) is 15.0. The molecule has 2 aromatic rings. The number of benzene rings is 2. The van der Waals surface area contributed by atoms with Crippen LogP contribution in [0.25, 0.3) is 0 Å². The Morgan fingerprint density at radius 1 is 0.947 bits per heavy atom. The van der Waals surface area contributed by atoms with E-state index in [1.54, 1.807) is 24.3 Å². The number of carbonyl (C=O) groups excluding carboxylic acids is 5. The van der Waals surface area contributed by atoms with Crippen LogP contribution in [0.15, 0.2) is 60.7 Å². The van der Waals surface area contributed by atoms with Crippen LogP contribution in [0.2, 0.25) is 0 Å². The molecular weight excluding hydrogens is 488 g/mol. The molecule has 3 rings (SSSR count). The van der Waals surface area contributed by atoms with Crippen LogP contribution in [-0.2, 0) is 36.9 Å². The lowest BCUT2D eigenvalue weighted by molar-refractivity contribution is -0.136. The van der Waals surface area contributed by atoms with Crippen molar-refractivity contribution in [2.45, 2.75) is 64.3 Å². The minimum Gasteiger partial charge on any atom is -0.444 e. The first kappa shape index (κ1) is 28.4. The van der Waals surface area contributed by atoms with Gasteiger partial charge in [0.1, 0.15) is 24.7 Å². The van der Waals surface area contributed by atoms with E-state index >= 15 is 0 Å². The molecule has 10 nitrogen and oxygen atoms in total. The summed E-state index contributed by atoms with van der Waals surface area (Å²) in [7, 11) is 0. The van der Waals surface area contributed by atoms with E-state index in [1.807, 2.05) is 50.2 Å². The van der Waals surface area contributed by atoms with Gasteiger partial charge in [-0.1, -0.05) is 74.5 Å². The van der Waals surface area contributed by atoms with Crippen LogP contribution in [0.4, 0.5) is 4.79 Å². The predicted molar refractivity (Wildman–Crippen MR) is 139 cm³/mol. The summed E-state index contributed by atoms with van der Waals surface area (Å²) in [6.45, 7) is 3.72. The number of nitrogens with two attached hydrogens (primary N) is 1. The normalized spacial score (nSPS) is 16.6. The fourth-order valence-electron chi connectivity index (χ4n) is 4.27. The van der Waals surface area contributed by atoms with Crippen LogP contribution in [0.1, 0.15) is 44.2 Å². The largest absolute Gasteiger partial charge is 0.444 e. The Hall–Kier alpha value is -4.21. The maximum absolute atomic E-state index is 13.2. The summed E-state index contributed by atoms with van der Waals surface area (Å²) in [5.41, 5.74) is 7.09. The van der Waals surface area contributed by atoms with E-state index in [0.29, 0.717) is 0 Å². The third-order valence-electron chi connectivity index (χ3n) is 6.20. The molecule has 38 heavy (non-hydrogen) atoms. The van der Waals surface area contributed by atoms with Gasteiger partial charge in [-0.25, -0.2) is 9.69 Å². The molecule has 4 N–H and O–H groups in total. The van der Waals surface area contributed by atoms with Gasteiger partial charge in [-0.05, 0) is 29.9 Å². The van der Waals surface area contributed by atoms with Gasteiger partial charge in [0.2, 0.25) is 23.6 Å². The number of carbonyl (C=O) groups is 5. The Bertz CT molecular complexity index is 1140. The third kappa shape index (κ3) is 7.89. The first-order valence-corrected chi connectivity index (χ1v) is 12.6. The van der Waals surface area contributed by atoms with Gasteiger partial charge in [-0.15, -0.1) is 0 Å². The summed E-state index contributed by atoms with van der Waals surface area (Å²) in [4.78, 5) is 64.4. The zero-order valence-corrected chi connectivity index (χ0v) is 21.6. The second kappa shape index (κ2) is 13.4.